The molecule has 4 nitrogen and oxygen atoms in total. The second kappa shape index (κ2) is 4.04. The molecule has 0 amide bonds. The van der Waals surface area contributed by atoms with Crippen LogP contribution in [-0.2, 0) is 11.2 Å². The highest BCUT2D eigenvalue weighted by Gasteiger charge is 2.22. The van der Waals surface area contributed by atoms with E-state index >= 15 is 0 Å². The van der Waals surface area contributed by atoms with Crippen molar-refractivity contribution in [1.82, 2.24) is 0 Å². The van der Waals surface area contributed by atoms with Gasteiger partial charge in [-0.1, -0.05) is 6.07 Å². The first-order chi connectivity index (χ1) is 7.63. The van der Waals surface area contributed by atoms with Gasteiger partial charge in [0.05, 0.1) is 19.6 Å². The minimum atomic E-state index is -0.832. The van der Waals surface area contributed by atoms with Gasteiger partial charge in [0.2, 0.25) is 0 Å². The molecule has 1 heterocycles. The van der Waals surface area contributed by atoms with E-state index in [1.807, 2.05) is 6.07 Å². The molecule has 4 heteroatoms. The molecule has 1 atom stereocenters. The van der Waals surface area contributed by atoms with E-state index in [9.17, 15) is 4.79 Å². The van der Waals surface area contributed by atoms with Gasteiger partial charge >= 0.3 is 5.97 Å². The standard InChI is InChI=1S/C12H14O4/c1-7(12(13)14)9-5-8-3-4-16-11(8)10(6-9)15-2/h5-7H,3-4H2,1-2H3,(H,13,14). The summed E-state index contributed by atoms with van der Waals surface area (Å²) < 4.78 is 10.7. The van der Waals surface area contributed by atoms with Crippen molar-refractivity contribution in [2.24, 2.45) is 0 Å². The number of hydrogen-bond donors (Lipinski definition) is 1. The molecule has 1 unspecified atom stereocenters. The summed E-state index contributed by atoms with van der Waals surface area (Å²) in [5.74, 6) is 0.0163. The molecule has 86 valence electrons. The van der Waals surface area contributed by atoms with Crippen LogP contribution in [0.5, 0.6) is 11.5 Å². The van der Waals surface area contributed by atoms with Gasteiger partial charge in [-0.3, -0.25) is 4.79 Å². The van der Waals surface area contributed by atoms with Crippen molar-refractivity contribution in [3.05, 3.63) is 23.3 Å². The van der Waals surface area contributed by atoms with Gasteiger partial charge in [-0.05, 0) is 18.6 Å². The molecule has 0 fully saturated rings. The normalized spacial score (nSPS) is 15.1. The second-order valence-corrected chi connectivity index (χ2v) is 3.87. The van der Waals surface area contributed by atoms with E-state index in [0.29, 0.717) is 12.4 Å². The highest BCUT2D eigenvalue weighted by atomic mass is 16.5. The van der Waals surface area contributed by atoms with Crippen molar-refractivity contribution in [1.29, 1.82) is 0 Å². The largest absolute Gasteiger partial charge is 0.493 e. The molecule has 0 saturated heterocycles. The predicted octanol–water partition coefficient (Wildman–Crippen LogP) is 1.82. The van der Waals surface area contributed by atoms with Crippen LogP contribution in [0.4, 0.5) is 0 Å². The van der Waals surface area contributed by atoms with Crippen molar-refractivity contribution >= 4 is 5.97 Å². The quantitative estimate of drug-likeness (QED) is 0.847. The molecule has 1 aliphatic heterocycles. The highest BCUT2D eigenvalue weighted by Crippen LogP contribution is 2.38. The van der Waals surface area contributed by atoms with Gasteiger partial charge in [0, 0.05) is 12.0 Å². The first-order valence-electron chi connectivity index (χ1n) is 5.20. The van der Waals surface area contributed by atoms with Gasteiger partial charge < -0.3 is 14.6 Å². The van der Waals surface area contributed by atoms with Crippen LogP contribution in [0.1, 0.15) is 24.0 Å². The van der Waals surface area contributed by atoms with Crippen LogP contribution in [0.2, 0.25) is 0 Å². The van der Waals surface area contributed by atoms with E-state index in [0.717, 1.165) is 23.3 Å². The van der Waals surface area contributed by atoms with Gasteiger partial charge in [0.1, 0.15) is 0 Å². The average molecular weight is 222 g/mol. The maximum Gasteiger partial charge on any atom is 0.310 e. The summed E-state index contributed by atoms with van der Waals surface area (Å²) in [6.07, 6.45) is 0.811. The second-order valence-electron chi connectivity index (χ2n) is 3.87. The number of carboxylic acid groups (broad SMARTS) is 1. The fourth-order valence-corrected chi connectivity index (χ4v) is 1.84. The lowest BCUT2D eigenvalue weighted by molar-refractivity contribution is -0.138. The van der Waals surface area contributed by atoms with E-state index < -0.39 is 11.9 Å². The third-order valence-electron chi connectivity index (χ3n) is 2.86. The third kappa shape index (κ3) is 1.71. The first kappa shape index (κ1) is 10.8. The lowest BCUT2D eigenvalue weighted by Gasteiger charge is -2.12. The number of fused-ring (bicyclic) bond motifs is 1. The third-order valence-corrected chi connectivity index (χ3v) is 2.86. The SMILES string of the molecule is COc1cc(C(C)C(=O)O)cc2c1OCC2. The van der Waals surface area contributed by atoms with Crippen molar-refractivity contribution in [2.45, 2.75) is 19.3 Å². The summed E-state index contributed by atoms with van der Waals surface area (Å²) in [4.78, 5) is 10.9. The van der Waals surface area contributed by atoms with Crippen molar-refractivity contribution < 1.29 is 19.4 Å². The molecule has 0 bridgehead atoms. The Morgan fingerprint density at radius 3 is 2.94 bits per heavy atom. The maximum absolute atomic E-state index is 10.9. The van der Waals surface area contributed by atoms with Crippen LogP contribution < -0.4 is 9.47 Å². The molecule has 0 spiro atoms. The molecular weight excluding hydrogens is 208 g/mol. The van der Waals surface area contributed by atoms with Crippen LogP contribution in [0.25, 0.3) is 0 Å². The number of benzene rings is 1. The number of aliphatic carboxylic acids is 1. The summed E-state index contributed by atoms with van der Waals surface area (Å²) in [7, 11) is 1.56. The summed E-state index contributed by atoms with van der Waals surface area (Å²) >= 11 is 0. The average Bonchev–Trinajstić information content (AvgIpc) is 2.74. The Hall–Kier alpha value is -1.71. The number of ether oxygens (including phenoxy) is 2. The minimum Gasteiger partial charge on any atom is -0.493 e. The predicted molar refractivity (Wildman–Crippen MR) is 58.2 cm³/mol. The topological polar surface area (TPSA) is 55.8 Å². The zero-order chi connectivity index (χ0) is 11.7. The molecule has 0 saturated carbocycles. The van der Waals surface area contributed by atoms with Gasteiger partial charge in [-0.2, -0.15) is 0 Å². The number of carboxylic acids is 1. The molecular formula is C12H14O4. The monoisotopic (exact) mass is 222 g/mol. The van der Waals surface area contributed by atoms with Crippen molar-refractivity contribution in [3.63, 3.8) is 0 Å². The molecule has 1 N–H and O–H groups in total. The van der Waals surface area contributed by atoms with Crippen LogP contribution in [-0.4, -0.2) is 24.8 Å². The van der Waals surface area contributed by atoms with Gasteiger partial charge in [-0.25, -0.2) is 0 Å². The fourth-order valence-electron chi connectivity index (χ4n) is 1.84. The summed E-state index contributed by atoms with van der Waals surface area (Å²) in [6.45, 7) is 2.30. The van der Waals surface area contributed by atoms with Gasteiger partial charge in [0.25, 0.3) is 0 Å². The Kier molecular flexibility index (Phi) is 2.73. The highest BCUT2D eigenvalue weighted by molar-refractivity contribution is 5.76. The molecule has 1 aromatic carbocycles. The van der Waals surface area contributed by atoms with E-state index in [4.69, 9.17) is 14.6 Å². The van der Waals surface area contributed by atoms with E-state index in [1.165, 1.54) is 0 Å². The number of carbonyl (C=O) groups is 1. The van der Waals surface area contributed by atoms with Gasteiger partial charge in [-0.15, -0.1) is 0 Å². The molecule has 2 rings (SSSR count). The van der Waals surface area contributed by atoms with Crippen LogP contribution in [0.15, 0.2) is 12.1 Å². The molecule has 1 aliphatic rings. The van der Waals surface area contributed by atoms with Gasteiger partial charge in [0.15, 0.2) is 11.5 Å². The summed E-state index contributed by atoms with van der Waals surface area (Å²) in [5, 5.41) is 8.98. The lowest BCUT2D eigenvalue weighted by Crippen LogP contribution is -2.08. The number of methoxy groups -OCH3 is 1. The van der Waals surface area contributed by atoms with Crippen molar-refractivity contribution in [2.75, 3.05) is 13.7 Å². The zero-order valence-electron chi connectivity index (χ0n) is 9.32. The molecule has 1 aromatic rings. The number of rotatable bonds is 3. The summed E-state index contributed by atoms with van der Waals surface area (Å²) in [5.41, 5.74) is 1.79. The number of hydrogen-bond acceptors (Lipinski definition) is 3. The smallest absolute Gasteiger partial charge is 0.310 e. The Balaban J connectivity index is 2.45. The van der Waals surface area contributed by atoms with Crippen molar-refractivity contribution in [3.8, 4) is 11.5 Å². The van der Waals surface area contributed by atoms with Crippen LogP contribution >= 0.6 is 0 Å². The molecule has 0 aromatic heterocycles. The Labute approximate surface area is 93.8 Å². The zero-order valence-corrected chi connectivity index (χ0v) is 9.32. The first-order valence-corrected chi connectivity index (χ1v) is 5.20. The van der Waals surface area contributed by atoms with E-state index in [-0.39, 0.29) is 0 Å². The maximum atomic E-state index is 10.9. The van der Waals surface area contributed by atoms with Crippen LogP contribution in [0, 0.1) is 0 Å². The fraction of sp³-hybridized carbons (Fsp3) is 0.417. The van der Waals surface area contributed by atoms with E-state index in [2.05, 4.69) is 0 Å². The molecule has 16 heavy (non-hydrogen) atoms. The minimum absolute atomic E-state index is 0.528. The lowest BCUT2D eigenvalue weighted by atomic mass is 9.98. The Bertz CT molecular complexity index is 425. The Morgan fingerprint density at radius 2 is 2.31 bits per heavy atom. The molecule has 0 aliphatic carbocycles. The Morgan fingerprint density at radius 1 is 1.56 bits per heavy atom. The van der Waals surface area contributed by atoms with E-state index in [1.54, 1.807) is 20.1 Å². The van der Waals surface area contributed by atoms with Crippen LogP contribution in [0.3, 0.4) is 0 Å². The summed E-state index contributed by atoms with van der Waals surface area (Å²) in [6, 6.07) is 3.63. The molecule has 0 radical (unpaired) electrons.